The molecule has 0 aromatic heterocycles. The lowest BCUT2D eigenvalue weighted by Crippen LogP contribution is -2.57. The van der Waals surface area contributed by atoms with E-state index in [2.05, 4.69) is 13.5 Å². The Morgan fingerprint density at radius 3 is 2.57 bits per heavy atom. The lowest BCUT2D eigenvalue weighted by Gasteiger charge is -2.59. The third-order valence-electron chi connectivity index (χ3n) is 6.49. The maximum atomic E-state index is 10.4. The van der Waals surface area contributed by atoms with Crippen LogP contribution in [-0.2, 0) is 0 Å². The van der Waals surface area contributed by atoms with Crippen LogP contribution >= 0.6 is 0 Å². The monoisotopic (exact) mass is 314 g/mol. The van der Waals surface area contributed by atoms with E-state index >= 15 is 0 Å². The van der Waals surface area contributed by atoms with Gasteiger partial charge in [-0.05, 0) is 49.4 Å². The Kier molecular flexibility index (Phi) is 4.99. The highest BCUT2D eigenvalue weighted by Gasteiger charge is 2.57. The molecule has 2 fully saturated rings. The summed E-state index contributed by atoms with van der Waals surface area (Å²) < 4.78 is 0. The summed E-state index contributed by atoms with van der Waals surface area (Å²) in [6.07, 6.45) is 5.19. The summed E-state index contributed by atoms with van der Waals surface area (Å²) in [5.74, 6) is 0.386. The Labute approximate surface area is 138 Å². The molecular weight excluding hydrogens is 288 g/mol. The third-order valence-corrected chi connectivity index (χ3v) is 6.49. The zero-order valence-corrected chi connectivity index (χ0v) is 14.0. The summed E-state index contributed by atoms with van der Waals surface area (Å²) in [6.45, 7) is 8.42. The molecule has 0 aliphatic heterocycles. The molecule has 0 saturated heterocycles. The van der Waals surface area contributed by atoms with Crippen LogP contribution in [0.5, 0.6) is 0 Å². The predicted octanol–water partition coefficient (Wildman–Crippen LogP) is 3.09. The molecule has 23 heavy (non-hydrogen) atoms. The Morgan fingerprint density at radius 1 is 1.35 bits per heavy atom. The van der Waals surface area contributed by atoms with Crippen molar-refractivity contribution in [2.24, 2.45) is 22.7 Å². The second-order valence-electron chi connectivity index (χ2n) is 7.60. The number of allylic oxidation sites excluding steroid dienone is 3. The number of fused-ring (bicyclic) bond motifs is 1. The van der Waals surface area contributed by atoms with E-state index in [1.807, 2.05) is 19.1 Å². The zero-order valence-electron chi connectivity index (χ0n) is 14.0. The highest BCUT2D eigenvalue weighted by Crippen LogP contribution is 2.61. The SMILES string of the molecule is C=C1CC[C@@H]2[C@](C)(CO)[C@H](O)CC[C@@]2(C)[C@@H]1CC=C(C#N)C#N. The van der Waals surface area contributed by atoms with Crippen molar-refractivity contribution in [1.29, 1.82) is 10.5 Å². The molecule has 0 bridgehead atoms. The average molecular weight is 314 g/mol. The fourth-order valence-corrected chi connectivity index (χ4v) is 4.99. The van der Waals surface area contributed by atoms with Crippen molar-refractivity contribution in [3.8, 4) is 12.1 Å². The molecule has 0 spiro atoms. The molecule has 124 valence electrons. The van der Waals surface area contributed by atoms with Crippen LogP contribution < -0.4 is 0 Å². The minimum atomic E-state index is -0.497. The van der Waals surface area contributed by atoms with Crippen molar-refractivity contribution in [1.82, 2.24) is 0 Å². The smallest absolute Gasteiger partial charge is 0.125 e. The highest BCUT2D eigenvalue weighted by atomic mass is 16.3. The normalized spacial score (nSPS) is 39.7. The fourth-order valence-electron chi connectivity index (χ4n) is 4.99. The second kappa shape index (κ2) is 6.48. The second-order valence-corrected chi connectivity index (χ2v) is 7.60. The summed E-state index contributed by atoms with van der Waals surface area (Å²) >= 11 is 0. The maximum Gasteiger partial charge on any atom is 0.125 e. The summed E-state index contributed by atoms with van der Waals surface area (Å²) in [5.41, 5.74) is 0.734. The molecule has 2 aliphatic carbocycles. The Morgan fingerprint density at radius 2 is 2.00 bits per heavy atom. The van der Waals surface area contributed by atoms with E-state index in [0.717, 1.165) is 24.8 Å². The van der Waals surface area contributed by atoms with E-state index < -0.39 is 11.5 Å². The Balaban J connectivity index is 2.36. The van der Waals surface area contributed by atoms with Crippen molar-refractivity contribution in [2.45, 2.75) is 52.1 Å². The molecule has 2 saturated carbocycles. The third kappa shape index (κ3) is 2.82. The van der Waals surface area contributed by atoms with Gasteiger partial charge in [0.05, 0.1) is 12.7 Å². The molecule has 0 heterocycles. The molecule has 0 unspecified atom stereocenters. The van der Waals surface area contributed by atoms with Crippen LogP contribution in [0.15, 0.2) is 23.8 Å². The molecule has 2 rings (SSSR count). The van der Waals surface area contributed by atoms with Gasteiger partial charge in [-0.15, -0.1) is 0 Å². The first-order valence-electron chi connectivity index (χ1n) is 8.30. The van der Waals surface area contributed by atoms with E-state index in [-0.39, 0.29) is 29.4 Å². The summed E-state index contributed by atoms with van der Waals surface area (Å²) in [6, 6.07) is 3.83. The minimum Gasteiger partial charge on any atom is -0.396 e. The zero-order chi connectivity index (χ0) is 17.3. The molecule has 0 amide bonds. The van der Waals surface area contributed by atoms with Gasteiger partial charge in [-0.3, -0.25) is 0 Å². The number of aliphatic hydroxyl groups is 2. The molecule has 0 aromatic rings. The number of rotatable bonds is 3. The van der Waals surface area contributed by atoms with Crippen LogP contribution in [0.3, 0.4) is 0 Å². The van der Waals surface area contributed by atoms with E-state index in [1.54, 1.807) is 6.08 Å². The molecule has 0 aromatic carbocycles. The first kappa shape index (κ1) is 17.7. The lowest BCUT2D eigenvalue weighted by molar-refractivity contribution is -0.151. The summed E-state index contributed by atoms with van der Waals surface area (Å²) in [7, 11) is 0. The quantitative estimate of drug-likeness (QED) is 0.619. The lowest BCUT2D eigenvalue weighted by atomic mass is 9.46. The molecule has 2 aliphatic rings. The van der Waals surface area contributed by atoms with Gasteiger partial charge in [-0.2, -0.15) is 10.5 Å². The van der Waals surface area contributed by atoms with E-state index in [4.69, 9.17) is 10.5 Å². The van der Waals surface area contributed by atoms with Crippen molar-refractivity contribution in [2.75, 3.05) is 6.61 Å². The van der Waals surface area contributed by atoms with Gasteiger partial charge in [0.25, 0.3) is 0 Å². The van der Waals surface area contributed by atoms with Gasteiger partial charge < -0.3 is 10.2 Å². The van der Waals surface area contributed by atoms with Gasteiger partial charge in [0, 0.05) is 5.41 Å². The largest absolute Gasteiger partial charge is 0.396 e. The van der Waals surface area contributed by atoms with Crippen LogP contribution in [0.25, 0.3) is 0 Å². The molecule has 2 N–H and O–H groups in total. The number of hydrogen-bond acceptors (Lipinski definition) is 4. The van der Waals surface area contributed by atoms with Crippen molar-refractivity contribution < 1.29 is 10.2 Å². The van der Waals surface area contributed by atoms with E-state index in [0.29, 0.717) is 12.8 Å². The Bertz CT molecular complexity index is 581. The maximum absolute atomic E-state index is 10.4. The molecule has 5 atom stereocenters. The van der Waals surface area contributed by atoms with Crippen molar-refractivity contribution in [3.05, 3.63) is 23.8 Å². The molecular formula is C19H26N2O2. The molecule has 0 radical (unpaired) electrons. The van der Waals surface area contributed by atoms with Gasteiger partial charge in [0.15, 0.2) is 0 Å². The van der Waals surface area contributed by atoms with Crippen LogP contribution in [0, 0.1) is 45.3 Å². The van der Waals surface area contributed by atoms with E-state index in [9.17, 15) is 10.2 Å². The van der Waals surface area contributed by atoms with Crippen molar-refractivity contribution >= 4 is 0 Å². The average Bonchev–Trinajstić information content (AvgIpc) is 2.54. The highest BCUT2D eigenvalue weighted by molar-refractivity contribution is 5.35. The molecule has 4 nitrogen and oxygen atoms in total. The van der Waals surface area contributed by atoms with Gasteiger partial charge >= 0.3 is 0 Å². The van der Waals surface area contributed by atoms with Crippen molar-refractivity contribution in [3.63, 3.8) is 0 Å². The molecule has 4 heteroatoms. The van der Waals surface area contributed by atoms with Gasteiger partial charge in [-0.1, -0.05) is 32.1 Å². The number of nitrogens with zero attached hydrogens (tertiary/aromatic N) is 2. The minimum absolute atomic E-state index is 0.0227. The first-order chi connectivity index (χ1) is 10.8. The van der Waals surface area contributed by atoms with Crippen LogP contribution in [-0.4, -0.2) is 22.9 Å². The van der Waals surface area contributed by atoms with Gasteiger partial charge in [-0.25, -0.2) is 0 Å². The fraction of sp³-hybridized carbons (Fsp3) is 0.684. The first-order valence-corrected chi connectivity index (χ1v) is 8.30. The van der Waals surface area contributed by atoms with Gasteiger partial charge in [0.1, 0.15) is 17.7 Å². The number of aliphatic hydroxyl groups excluding tert-OH is 2. The van der Waals surface area contributed by atoms with E-state index in [1.165, 1.54) is 0 Å². The summed E-state index contributed by atoms with van der Waals surface area (Å²) in [5, 5.41) is 38.3. The predicted molar refractivity (Wildman–Crippen MR) is 87.8 cm³/mol. The van der Waals surface area contributed by atoms with Crippen LogP contribution in [0.2, 0.25) is 0 Å². The summed E-state index contributed by atoms with van der Waals surface area (Å²) in [4.78, 5) is 0. The van der Waals surface area contributed by atoms with Crippen LogP contribution in [0.4, 0.5) is 0 Å². The number of hydrogen-bond donors (Lipinski definition) is 2. The van der Waals surface area contributed by atoms with Crippen LogP contribution in [0.1, 0.15) is 46.0 Å². The topological polar surface area (TPSA) is 88.0 Å². The Hall–Kier alpha value is -1.62. The van der Waals surface area contributed by atoms with Gasteiger partial charge in [0.2, 0.25) is 0 Å². The standard InChI is InChI=1S/C19H26N2O2/c1-13-4-7-16-18(2,9-8-17(23)19(16,3)12-22)15(13)6-5-14(10-20)11-21/h5,15-17,22-23H,1,4,6-9,12H2,2-3H3/t15-,16+,17-,18+,19+/m1/s1. The number of nitriles is 2.